The van der Waals surface area contributed by atoms with Crippen molar-refractivity contribution in [2.75, 3.05) is 6.61 Å². The molecule has 0 fully saturated rings. The maximum atomic E-state index is 12.0. The SMILES string of the molecule is CC/C=C\C/C=C\C/C=C\C/C=C\C/C=C\C/C=C\CCCCC(=O)NC(CO)C(O)/C=C/CCC. The van der Waals surface area contributed by atoms with Crippen molar-refractivity contribution in [2.45, 2.75) is 103 Å². The standard InChI is InChI=1S/C32H51NO3/c1-3-5-7-8-9-10-11-12-13-14-15-16-17-18-19-20-21-22-23-24-26-28-32(36)33-30(29-34)31(35)27-25-6-4-2/h5,7,9-10,12-13,15-16,18-19,21-22,25,27,30-31,34-35H,3-4,6,8,11,14,17,20,23-24,26,28-29H2,1-2H3,(H,33,36)/b7-5-,10-9-,13-12-,16-15-,19-18-,22-21-,27-25+. The van der Waals surface area contributed by atoms with E-state index in [0.717, 1.165) is 70.6 Å². The highest BCUT2D eigenvalue weighted by Gasteiger charge is 2.17. The van der Waals surface area contributed by atoms with Crippen molar-refractivity contribution in [1.29, 1.82) is 0 Å². The number of hydrogen-bond acceptors (Lipinski definition) is 3. The van der Waals surface area contributed by atoms with Crippen molar-refractivity contribution in [1.82, 2.24) is 5.32 Å². The van der Waals surface area contributed by atoms with E-state index in [1.165, 1.54) is 0 Å². The highest BCUT2D eigenvalue weighted by molar-refractivity contribution is 5.76. The molecule has 3 N–H and O–H groups in total. The van der Waals surface area contributed by atoms with E-state index in [9.17, 15) is 15.0 Å². The van der Waals surface area contributed by atoms with E-state index >= 15 is 0 Å². The number of amides is 1. The van der Waals surface area contributed by atoms with Gasteiger partial charge in [-0.2, -0.15) is 0 Å². The maximum absolute atomic E-state index is 12.0. The van der Waals surface area contributed by atoms with E-state index in [-0.39, 0.29) is 12.5 Å². The molecule has 0 aliphatic rings. The lowest BCUT2D eigenvalue weighted by Gasteiger charge is -2.19. The van der Waals surface area contributed by atoms with E-state index in [0.29, 0.717) is 6.42 Å². The van der Waals surface area contributed by atoms with E-state index in [4.69, 9.17) is 0 Å². The van der Waals surface area contributed by atoms with Crippen LogP contribution in [0.15, 0.2) is 85.1 Å². The Morgan fingerprint density at radius 2 is 1.19 bits per heavy atom. The highest BCUT2D eigenvalue weighted by atomic mass is 16.3. The van der Waals surface area contributed by atoms with E-state index in [2.05, 4.69) is 92.1 Å². The van der Waals surface area contributed by atoms with Crippen LogP contribution in [-0.2, 0) is 4.79 Å². The van der Waals surface area contributed by atoms with Gasteiger partial charge >= 0.3 is 0 Å². The van der Waals surface area contributed by atoms with Crippen LogP contribution in [0.4, 0.5) is 0 Å². The lowest BCUT2D eigenvalue weighted by atomic mass is 10.1. The zero-order valence-electron chi connectivity index (χ0n) is 22.7. The summed E-state index contributed by atoms with van der Waals surface area (Å²) < 4.78 is 0. The normalized spacial score (nSPS) is 14.7. The average molecular weight is 498 g/mol. The van der Waals surface area contributed by atoms with Gasteiger partial charge in [-0.1, -0.05) is 105 Å². The Bertz CT molecular complexity index is 713. The minimum Gasteiger partial charge on any atom is -0.394 e. The van der Waals surface area contributed by atoms with Crippen molar-refractivity contribution in [3.8, 4) is 0 Å². The second kappa shape index (κ2) is 27.2. The monoisotopic (exact) mass is 497 g/mol. The predicted molar refractivity (Wildman–Crippen MR) is 156 cm³/mol. The fraction of sp³-hybridized carbons (Fsp3) is 0.531. The summed E-state index contributed by atoms with van der Waals surface area (Å²) in [6.45, 7) is 3.93. The highest BCUT2D eigenvalue weighted by Crippen LogP contribution is 2.04. The molecule has 2 unspecified atom stereocenters. The Morgan fingerprint density at radius 1 is 0.694 bits per heavy atom. The van der Waals surface area contributed by atoms with Gasteiger partial charge in [0.25, 0.3) is 0 Å². The Kier molecular flexibility index (Phi) is 25.3. The molecular weight excluding hydrogens is 446 g/mol. The van der Waals surface area contributed by atoms with Gasteiger partial charge in [-0.25, -0.2) is 0 Å². The van der Waals surface area contributed by atoms with Crippen molar-refractivity contribution >= 4 is 5.91 Å². The first-order chi connectivity index (χ1) is 17.7. The molecule has 36 heavy (non-hydrogen) atoms. The second-order valence-electron chi connectivity index (χ2n) is 8.72. The summed E-state index contributed by atoms with van der Waals surface area (Å²) in [5.41, 5.74) is 0. The van der Waals surface area contributed by atoms with Gasteiger partial charge in [0.15, 0.2) is 0 Å². The van der Waals surface area contributed by atoms with Gasteiger partial charge in [0.05, 0.1) is 18.8 Å². The molecule has 0 saturated carbocycles. The van der Waals surface area contributed by atoms with Crippen LogP contribution in [0.25, 0.3) is 0 Å². The smallest absolute Gasteiger partial charge is 0.220 e. The largest absolute Gasteiger partial charge is 0.394 e. The number of aliphatic hydroxyl groups is 2. The second-order valence-corrected chi connectivity index (χ2v) is 8.72. The topological polar surface area (TPSA) is 69.6 Å². The number of rotatable bonds is 22. The molecule has 1 amide bonds. The molecule has 0 aromatic carbocycles. The van der Waals surface area contributed by atoms with Gasteiger partial charge in [0, 0.05) is 6.42 Å². The van der Waals surface area contributed by atoms with Crippen molar-refractivity contribution < 1.29 is 15.0 Å². The lowest BCUT2D eigenvalue weighted by Crippen LogP contribution is -2.45. The number of unbranched alkanes of at least 4 members (excludes halogenated alkanes) is 3. The summed E-state index contributed by atoms with van der Waals surface area (Å²) in [6.07, 6.45) is 39.9. The molecule has 0 aromatic heterocycles. The quantitative estimate of drug-likeness (QED) is 0.108. The van der Waals surface area contributed by atoms with Crippen molar-refractivity contribution in [2.24, 2.45) is 0 Å². The molecule has 4 heteroatoms. The van der Waals surface area contributed by atoms with Crippen LogP contribution in [0, 0.1) is 0 Å². The molecule has 202 valence electrons. The summed E-state index contributed by atoms with van der Waals surface area (Å²) >= 11 is 0. The van der Waals surface area contributed by atoms with Crippen LogP contribution in [0.1, 0.15) is 90.9 Å². The molecule has 0 rings (SSSR count). The van der Waals surface area contributed by atoms with Gasteiger partial charge in [-0.05, 0) is 64.2 Å². The van der Waals surface area contributed by atoms with Crippen molar-refractivity contribution in [3.05, 3.63) is 85.1 Å². The van der Waals surface area contributed by atoms with E-state index in [1.54, 1.807) is 6.08 Å². The number of nitrogens with one attached hydrogen (secondary N) is 1. The molecule has 0 aliphatic carbocycles. The number of aliphatic hydroxyl groups excluding tert-OH is 2. The molecule has 0 heterocycles. The summed E-state index contributed by atoms with van der Waals surface area (Å²) in [6, 6.07) is -0.644. The third kappa shape index (κ3) is 23.3. The number of carbonyl (C=O) groups excluding carboxylic acids is 1. The lowest BCUT2D eigenvalue weighted by molar-refractivity contribution is -0.123. The van der Waals surface area contributed by atoms with E-state index < -0.39 is 12.1 Å². The number of carbonyl (C=O) groups is 1. The van der Waals surface area contributed by atoms with Crippen LogP contribution >= 0.6 is 0 Å². The van der Waals surface area contributed by atoms with Crippen molar-refractivity contribution in [3.63, 3.8) is 0 Å². The Labute approximate surface area is 221 Å². The minimum atomic E-state index is -0.857. The maximum Gasteiger partial charge on any atom is 0.220 e. The first-order valence-corrected chi connectivity index (χ1v) is 13.8. The van der Waals surface area contributed by atoms with Gasteiger partial charge < -0.3 is 15.5 Å². The first-order valence-electron chi connectivity index (χ1n) is 13.8. The van der Waals surface area contributed by atoms with E-state index in [1.807, 2.05) is 6.08 Å². The number of hydrogen-bond donors (Lipinski definition) is 3. The average Bonchev–Trinajstić information content (AvgIpc) is 2.88. The molecule has 4 nitrogen and oxygen atoms in total. The molecule has 0 saturated heterocycles. The Morgan fingerprint density at radius 3 is 1.67 bits per heavy atom. The van der Waals surface area contributed by atoms with Gasteiger partial charge in [0.2, 0.25) is 5.91 Å². The molecule has 0 aromatic rings. The van der Waals surface area contributed by atoms with Crippen LogP contribution in [0.5, 0.6) is 0 Å². The van der Waals surface area contributed by atoms with Crippen LogP contribution in [0.2, 0.25) is 0 Å². The number of allylic oxidation sites excluding steroid dienone is 13. The fourth-order valence-corrected chi connectivity index (χ4v) is 3.24. The Balaban J connectivity index is 3.76. The third-order valence-corrected chi connectivity index (χ3v) is 5.37. The molecule has 0 radical (unpaired) electrons. The van der Waals surface area contributed by atoms with Crippen LogP contribution in [-0.4, -0.2) is 34.9 Å². The zero-order valence-corrected chi connectivity index (χ0v) is 22.7. The minimum absolute atomic E-state index is 0.125. The van der Waals surface area contributed by atoms with Gasteiger partial charge in [-0.15, -0.1) is 0 Å². The first kappa shape index (κ1) is 33.6. The molecule has 2 atom stereocenters. The summed E-state index contributed by atoms with van der Waals surface area (Å²) in [5.74, 6) is -0.125. The fourth-order valence-electron chi connectivity index (χ4n) is 3.24. The predicted octanol–water partition coefficient (Wildman–Crippen LogP) is 7.44. The summed E-state index contributed by atoms with van der Waals surface area (Å²) in [7, 11) is 0. The van der Waals surface area contributed by atoms with Crippen LogP contribution in [0.3, 0.4) is 0 Å². The summed E-state index contributed by atoms with van der Waals surface area (Å²) in [4.78, 5) is 12.0. The Hall–Kier alpha value is -2.43. The zero-order chi connectivity index (χ0) is 26.5. The van der Waals surface area contributed by atoms with Crippen LogP contribution < -0.4 is 5.32 Å². The van der Waals surface area contributed by atoms with Gasteiger partial charge in [-0.3, -0.25) is 4.79 Å². The molecule has 0 aliphatic heterocycles. The molecule has 0 spiro atoms. The molecular formula is C32H51NO3. The summed E-state index contributed by atoms with van der Waals surface area (Å²) in [5, 5.41) is 22.2. The molecule has 0 bridgehead atoms. The van der Waals surface area contributed by atoms with Gasteiger partial charge in [0.1, 0.15) is 0 Å². The third-order valence-electron chi connectivity index (χ3n) is 5.37.